The van der Waals surface area contributed by atoms with E-state index in [1.54, 1.807) is 6.26 Å². The lowest BCUT2D eigenvalue weighted by Crippen LogP contribution is -2.15. The zero-order valence-corrected chi connectivity index (χ0v) is 15.5. The standard InChI is InChI=1S/C23H18O5/c1-12-8-19-21(14-4-2-3-5-15(14)23(24)28-19)22-20(12)16(10-25-22)13-6-7-17-18(9-13)27-11-26-17/h6-10H,2-5,11H2,1H3. The Morgan fingerprint density at radius 2 is 1.75 bits per heavy atom. The highest BCUT2D eigenvalue weighted by atomic mass is 16.7. The van der Waals surface area contributed by atoms with Crippen molar-refractivity contribution in [3.8, 4) is 22.6 Å². The van der Waals surface area contributed by atoms with Crippen molar-refractivity contribution in [1.82, 2.24) is 0 Å². The third-order valence-corrected chi connectivity index (χ3v) is 5.91. The molecule has 5 nitrogen and oxygen atoms in total. The van der Waals surface area contributed by atoms with Gasteiger partial charge in [-0.25, -0.2) is 4.79 Å². The second-order valence-electron chi connectivity index (χ2n) is 7.54. The zero-order valence-electron chi connectivity index (χ0n) is 15.5. The summed E-state index contributed by atoms with van der Waals surface area (Å²) in [5.74, 6) is 1.50. The highest BCUT2D eigenvalue weighted by molar-refractivity contribution is 6.11. The Morgan fingerprint density at radius 3 is 2.64 bits per heavy atom. The van der Waals surface area contributed by atoms with Crippen LogP contribution in [0.5, 0.6) is 11.5 Å². The number of aryl methyl sites for hydroxylation is 2. The van der Waals surface area contributed by atoms with Crippen molar-refractivity contribution in [1.29, 1.82) is 0 Å². The molecule has 2 aromatic carbocycles. The molecule has 0 spiro atoms. The molecule has 28 heavy (non-hydrogen) atoms. The van der Waals surface area contributed by atoms with Gasteiger partial charge in [-0.05, 0) is 67.5 Å². The molecule has 0 saturated heterocycles. The van der Waals surface area contributed by atoms with Crippen molar-refractivity contribution in [2.75, 3.05) is 6.79 Å². The van der Waals surface area contributed by atoms with Gasteiger partial charge in [0.2, 0.25) is 6.79 Å². The Kier molecular flexibility index (Phi) is 3.19. The zero-order chi connectivity index (χ0) is 18.8. The van der Waals surface area contributed by atoms with Gasteiger partial charge in [-0.15, -0.1) is 0 Å². The van der Waals surface area contributed by atoms with E-state index < -0.39 is 0 Å². The van der Waals surface area contributed by atoms with Crippen LogP contribution in [0.2, 0.25) is 0 Å². The van der Waals surface area contributed by atoms with E-state index >= 15 is 0 Å². The summed E-state index contributed by atoms with van der Waals surface area (Å²) in [6.07, 6.45) is 5.55. The lowest BCUT2D eigenvalue weighted by atomic mass is 9.89. The number of fused-ring (bicyclic) bond motifs is 6. The van der Waals surface area contributed by atoms with Crippen LogP contribution in [0.4, 0.5) is 0 Å². The first-order chi connectivity index (χ1) is 13.7. The van der Waals surface area contributed by atoms with Crippen LogP contribution in [0.25, 0.3) is 33.1 Å². The molecule has 1 aliphatic carbocycles. The maximum absolute atomic E-state index is 12.4. The first-order valence-corrected chi connectivity index (χ1v) is 9.60. The number of furan rings is 1. The fourth-order valence-corrected chi connectivity index (χ4v) is 4.60. The number of ether oxygens (including phenoxy) is 2. The Hall–Kier alpha value is -3.21. The van der Waals surface area contributed by atoms with Crippen LogP contribution < -0.4 is 15.1 Å². The molecule has 2 aliphatic rings. The Bertz CT molecular complexity index is 1320. The Balaban J connectivity index is 1.67. The minimum Gasteiger partial charge on any atom is -0.463 e. The third-order valence-electron chi connectivity index (χ3n) is 5.91. The topological polar surface area (TPSA) is 61.8 Å². The van der Waals surface area contributed by atoms with E-state index in [4.69, 9.17) is 18.3 Å². The molecule has 0 unspecified atom stereocenters. The van der Waals surface area contributed by atoms with Gasteiger partial charge in [0.25, 0.3) is 0 Å². The quantitative estimate of drug-likeness (QED) is 0.433. The van der Waals surface area contributed by atoms with E-state index in [9.17, 15) is 4.79 Å². The number of rotatable bonds is 1. The fourth-order valence-electron chi connectivity index (χ4n) is 4.60. The normalized spacial score (nSPS) is 15.3. The molecular weight excluding hydrogens is 356 g/mol. The van der Waals surface area contributed by atoms with Crippen LogP contribution >= 0.6 is 0 Å². The molecule has 0 bridgehead atoms. The lowest BCUT2D eigenvalue weighted by molar-refractivity contribution is 0.174. The molecule has 1 aliphatic heterocycles. The fraction of sp³-hybridized carbons (Fsp3) is 0.261. The predicted octanol–water partition coefficient (Wildman–Crippen LogP) is 5.12. The number of hydrogen-bond acceptors (Lipinski definition) is 5. The molecule has 0 N–H and O–H groups in total. The molecule has 0 saturated carbocycles. The van der Waals surface area contributed by atoms with Crippen molar-refractivity contribution in [3.05, 3.63) is 57.6 Å². The lowest BCUT2D eigenvalue weighted by Gasteiger charge is -2.16. The van der Waals surface area contributed by atoms with E-state index in [2.05, 4.69) is 0 Å². The summed E-state index contributed by atoms with van der Waals surface area (Å²) < 4.78 is 22.7. The maximum atomic E-state index is 12.4. The van der Waals surface area contributed by atoms with E-state index in [1.165, 1.54) is 0 Å². The van der Waals surface area contributed by atoms with Crippen molar-refractivity contribution < 1.29 is 18.3 Å². The van der Waals surface area contributed by atoms with E-state index in [1.807, 2.05) is 31.2 Å². The highest BCUT2D eigenvalue weighted by Crippen LogP contribution is 2.42. The van der Waals surface area contributed by atoms with Crippen LogP contribution in [0.3, 0.4) is 0 Å². The van der Waals surface area contributed by atoms with Gasteiger partial charge in [0, 0.05) is 16.5 Å². The summed E-state index contributed by atoms with van der Waals surface area (Å²) in [6.45, 7) is 2.27. The van der Waals surface area contributed by atoms with Crippen LogP contribution in [-0.2, 0) is 12.8 Å². The van der Waals surface area contributed by atoms with Crippen molar-refractivity contribution >= 4 is 21.9 Å². The molecule has 3 heterocycles. The van der Waals surface area contributed by atoms with Crippen LogP contribution in [-0.4, -0.2) is 6.79 Å². The minimum atomic E-state index is -0.205. The molecule has 0 radical (unpaired) electrons. The monoisotopic (exact) mass is 374 g/mol. The van der Waals surface area contributed by atoms with Crippen LogP contribution in [0.15, 0.2) is 44.2 Å². The van der Waals surface area contributed by atoms with Gasteiger partial charge in [0.1, 0.15) is 11.2 Å². The summed E-state index contributed by atoms with van der Waals surface area (Å²) in [7, 11) is 0. The summed E-state index contributed by atoms with van der Waals surface area (Å²) in [5, 5.41) is 2.00. The molecule has 0 fully saturated rings. The van der Waals surface area contributed by atoms with Gasteiger partial charge in [-0.2, -0.15) is 0 Å². The second kappa shape index (κ2) is 5.64. The first kappa shape index (κ1) is 15.8. The van der Waals surface area contributed by atoms with Crippen molar-refractivity contribution in [2.24, 2.45) is 0 Å². The van der Waals surface area contributed by atoms with Crippen LogP contribution in [0.1, 0.15) is 29.5 Å². The number of benzene rings is 2. The molecule has 0 atom stereocenters. The van der Waals surface area contributed by atoms with Gasteiger partial charge in [0.05, 0.1) is 11.6 Å². The average molecular weight is 374 g/mol. The van der Waals surface area contributed by atoms with E-state index in [-0.39, 0.29) is 12.4 Å². The Labute approximate surface area is 160 Å². The summed E-state index contributed by atoms with van der Waals surface area (Å²) in [6, 6.07) is 7.88. The third kappa shape index (κ3) is 2.10. The van der Waals surface area contributed by atoms with Gasteiger partial charge < -0.3 is 18.3 Å². The highest BCUT2D eigenvalue weighted by Gasteiger charge is 2.24. The van der Waals surface area contributed by atoms with E-state index in [0.29, 0.717) is 5.58 Å². The van der Waals surface area contributed by atoms with Crippen molar-refractivity contribution in [3.63, 3.8) is 0 Å². The molecule has 4 aromatic rings. The van der Waals surface area contributed by atoms with Crippen molar-refractivity contribution in [2.45, 2.75) is 32.6 Å². The van der Waals surface area contributed by atoms with Gasteiger partial charge >= 0.3 is 5.63 Å². The van der Waals surface area contributed by atoms with Crippen LogP contribution in [0, 0.1) is 6.92 Å². The van der Waals surface area contributed by atoms with Gasteiger partial charge in [-0.3, -0.25) is 0 Å². The molecule has 6 rings (SSSR count). The smallest absolute Gasteiger partial charge is 0.339 e. The molecule has 5 heteroatoms. The van der Waals surface area contributed by atoms with Gasteiger partial charge in [0.15, 0.2) is 11.5 Å². The SMILES string of the molecule is Cc1cc2oc(=O)c3c(c2c2occ(-c4ccc5c(c4)OCO5)c12)CCCC3. The molecule has 2 aromatic heterocycles. The largest absolute Gasteiger partial charge is 0.463 e. The molecular formula is C23H18O5. The predicted molar refractivity (Wildman–Crippen MR) is 105 cm³/mol. The maximum Gasteiger partial charge on any atom is 0.339 e. The first-order valence-electron chi connectivity index (χ1n) is 9.60. The molecule has 0 amide bonds. The molecule has 140 valence electrons. The summed E-state index contributed by atoms with van der Waals surface area (Å²) >= 11 is 0. The minimum absolute atomic E-state index is 0.205. The second-order valence-corrected chi connectivity index (χ2v) is 7.54. The summed E-state index contributed by atoms with van der Waals surface area (Å²) in [4.78, 5) is 12.4. The Morgan fingerprint density at radius 1 is 0.929 bits per heavy atom. The summed E-state index contributed by atoms with van der Waals surface area (Å²) in [5.41, 5.74) is 6.14. The van der Waals surface area contributed by atoms with Gasteiger partial charge in [-0.1, -0.05) is 6.07 Å². The average Bonchev–Trinajstić information content (AvgIpc) is 3.35. The number of hydrogen-bond donors (Lipinski definition) is 0. The van der Waals surface area contributed by atoms with E-state index in [0.717, 1.165) is 81.4 Å².